The maximum atomic E-state index is 12.9. The summed E-state index contributed by atoms with van der Waals surface area (Å²) < 4.78 is 12.3. The van der Waals surface area contributed by atoms with Crippen molar-refractivity contribution in [2.45, 2.75) is 43.5 Å². The number of para-hydroxylation sites is 1. The van der Waals surface area contributed by atoms with Gasteiger partial charge in [-0.05, 0) is 30.5 Å². The molecular weight excluding hydrogens is 366 g/mol. The van der Waals surface area contributed by atoms with Crippen LogP contribution in [-0.2, 0) is 4.74 Å². The molecule has 2 atom stereocenters. The molecule has 0 bridgehead atoms. The molecule has 5 rings (SSSR count). The van der Waals surface area contributed by atoms with Gasteiger partial charge in [-0.2, -0.15) is 0 Å². The first-order valence-electron chi connectivity index (χ1n) is 10.3. The quantitative estimate of drug-likeness (QED) is 0.707. The number of piperidine rings is 1. The second-order valence-corrected chi connectivity index (χ2v) is 8.23. The highest BCUT2D eigenvalue weighted by Crippen LogP contribution is 2.43. The highest BCUT2D eigenvalue weighted by molar-refractivity contribution is 5.96. The average Bonchev–Trinajstić information content (AvgIpc) is 3.18. The van der Waals surface area contributed by atoms with Crippen molar-refractivity contribution in [1.29, 1.82) is 0 Å². The molecule has 5 heteroatoms. The molecule has 0 radical (unpaired) electrons. The van der Waals surface area contributed by atoms with E-state index < -0.39 is 0 Å². The molecule has 1 amide bonds. The van der Waals surface area contributed by atoms with E-state index in [0.717, 1.165) is 29.4 Å². The second-order valence-electron chi connectivity index (χ2n) is 8.23. The Morgan fingerprint density at radius 1 is 1.03 bits per heavy atom. The van der Waals surface area contributed by atoms with Crippen LogP contribution < -0.4 is 0 Å². The molecule has 2 aromatic carbocycles. The highest BCUT2D eigenvalue weighted by atomic mass is 16.5. The van der Waals surface area contributed by atoms with Gasteiger partial charge in [0.15, 0.2) is 5.76 Å². The van der Waals surface area contributed by atoms with Crippen molar-refractivity contribution in [1.82, 2.24) is 4.90 Å². The molecule has 5 nitrogen and oxygen atoms in total. The molecule has 2 aliphatic rings. The Bertz CT molecular complexity index is 971. The van der Waals surface area contributed by atoms with Gasteiger partial charge in [-0.25, -0.2) is 0 Å². The van der Waals surface area contributed by atoms with Gasteiger partial charge in [0.25, 0.3) is 5.91 Å². The van der Waals surface area contributed by atoms with E-state index in [1.165, 1.54) is 0 Å². The largest absolute Gasteiger partial charge is 0.451 e. The summed E-state index contributed by atoms with van der Waals surface area (Å²) in [5.41, 5.74) is 1.46. The average molecular weight is 391 g/mol. The SMILES string of the molecule is O=C(c1cc2ccccc2o1)N1CCC2(CC1)C[C@@H](O)C[C@H](c1ccccc1)O2. The Balaban J connectivity index is 1.29. The Labute approximate surface area is 169 Å². The number of benzene rings is 2. The van der Waals surface area contributed by atoms with E-state index in [4.69, 9.17) is 9.15 Å². The number of hydrogen-bond acceptors (Lipinski definition) is 4. The first kappa shape index (κ1) is 18.4. The van der Waals surface area contributed by atoms with Gasteiger partial charge in [0.1, 0.15) is 5.58 Å². The minimum absolute atomic E-state index is 0.0768. The van der Waals surface area contributed by atoms with Gasteiger partial charge in [-0.15, -0.1) is 0 Å². The van der Waals surface area contributed by atoms with E-state index in [1.807, 2.05) is 53.4 Å². The number of aliphatic hydroxyl groups is 1. The van der Waals surface area contributed by atoms with Crippen LogP contribution >= 0.6 is 0 Å². The van der Waals surface area contributed by atoms with Crippen LogP contribution in [0.15, 0.2) is 65.1 Å². The van der Waals surface area contributed by atoms with Crippen LogP contribution in [0.1, 0.15) is 47.9 Å². The van der Waals surface area contributed by atoms with Gasteiger partial charge in [-0.3, -0.25) is 4.79 Å². The lowest BCUT2D eigenvalue weighted by Gasteiger charge is -2.48. The third-order valence-corrected chi connectivity index (χ3v) is 6.26. The number of carbonyl (C=O) groups is 1. The zero-order valence-corrected chi connectivity index (χ0v) is 16.3. The molecule has 1 N–H and O–H groups in total. The predicted molar refractivity (Wildman–Crippen MR) is 110 cm³/mol. The maximum Gasteiger partial charge on any atom is 0.289 e. The molecule has 150 valence electrons. The summed E-state index contributed by atoms with van der Waals surface area (Å²) in [7, 11) is 0. The van der Waals surface area contributed by atoms with E-state index in [2.05, 4.69) is 12.1 Å². The zero-order chi connectivity index (χ0) is 19.8. The summed E-state index contributed by atoms with van der Waals surface area (Å²) in [6.07, 6.45) is 2.21. The van der Waals surface area contributed by atoms with E-state index in [9.17, 15) is 9.90 Å². The fraction of sp³-hybridized carbons (Fsp3) is 0.375. The van der Waals surface area contributed by atoms with Crippen LogP contribution in [0.4, 0.5) is 0 Å². The van der Waals surface area contributed by atoms with Crippen molar-refractivity contribution in [3.05, 3.63) is 72.0 Å². The van der Waals surface area contributed by atoms with Crippen molar-refractivity contribution in [2.24, 2.45) is 0 Å². The number of carbonyl (C=O) groups excluding carboxylic acids is 1. The van der Waals surface area contributed by atoms with E-state index in [-0.39, 0.29) is 23.7 Å². The number of likely N-dealkylation sites (tertiary alicyclic amines) is 1. The molecule has 29 heavy (non-hydrogen) atoms. The molecule has 2 aliphatic heterocycles. The number of nitrogens with zero attached hydrogens (tertiary/aromatic N) is 1. The van der Waals surface area contributed by atoms with Gasteiger partial charge in [0.05, 0.1) is 17.8 Å². The third kappa shape index (κ3) is 3.56. The second kappa shape index (κ2) is 7.32. The summed E-state index contributed by atoms with van der Waals surface area (Å²) in [6, 6.07) is 19.6. The van der Waals surface area contributed by atoms with Crippen LogP contribution in [0, 0.1) is 0 Å². The fourth-order valence-electron chi connectivity index (χ4n) is 4.71. The fourth-order valence-corrected chi connectivity index (χ4v) is 4.71. The Hall–Kier alpha value is -2.63. The lowest BCUT2D eigenvalue weighted by molar-refractivity contribution is -0.181. The maximum absolute atomic E-state index is 12.9. The normalized spacial score (nSPS) is 24.1. The molecule has 1 aromatic heterocycles. The van der Waals surface area contributed by atoms with Gasteiger partial charge < -0.3 is 19.2 Å². The predicted octanol–water partition coefficient (Wildman–Crippen LogP) is 4.32. The summed E-state index contributed by atoms with van der Waals surface area (Å²) >= 11 is 0. The number of hydrogen-bond donors (Lipinski definition) is 1. The van der Waals surface area contributed by atoms with Gasteiger partial charge in [0, 0.05) is 31.3 Å². The third-order valence-electron chi connectivity index (χ3n) is 6.26. The Kier molecular flexibility index (Phi) is 4.64. The molecule has 2 fully saturated rings. The van der Waals surface area contributed by atoms with E-state index in [1.54, 1.807) is 0 Å². The van der Waals surface area contributed by atoms with Crippen molar-refractivity contribution in [3.63, 3.8) is 0 Å². The first-order valence-corrected chi connectivity index (χ1v) is 10.3. The number of fused-ring (bicyclic) bond motifs is 1. The molecule has 3 heterocycles. The summed E-state index contributed by atoms with van der Waals surface area (Å²) in [4.78, 5) is 14.8. The molecule has 0 aliphatic carbocycles. The number of furan rings is 1. The van der Waals surface area contributed by atoms with Crippen LogP contribution in [0.3, 0.4) is 0 Å². The summed E-state index contributed by atoms with van der Waals surface area (Å²) in [5.74, 6) is 0.306. The van der Waals surface area contributed by atoms with Crippen molar-refractivity contribution in [3.8, 4) is 0 Å². The summed E-state index contributed by atoms with van der Waals surface area (Å²) in [5, 5.41) is 11.5. The number of rotatable bonds is 2. The molecule has 1 spiro atoms. The molecule has 0 saturated carbocycles. The zero-order valence-electron chi connectivity index (χ0n) is 16.3. The van der Waals surface area contributed by atoms with Crippen LogP contribution in [0.5, 0.6) is 0 Å². The van der Waals surface area contributed by atoms with E-state index in [0.29, 0.717) is 31.7 Å². The minimum Gasteiger partial charge on any atom is -0.451 e. The van der Waals surface area contributed by atoms with Crippen LogP contribution in [-0.4, -0.2) is 40.7 Å². The van der Waals surface area contributed by atoms with Gasteiger partial charge in [0.2, 0.25) is 0 Å². The monoisotopic (exact) mass is 391 g/mol. The molecule has 3 aromatic rings. The minimum atomic E-state index is -0.383. The topological polar surface area (TPSA) is 62.9 Å². The van der Waals surface area contributed by atoms with Crippen LogP contribution in [0.25, 0.3) is 11.0 Å². The summed E-state index contributed by atoms with van der Waals surface area (Å²) in [6.45, 7) is 1.20. The molecule has 0 unspecified atom stereocenters. The number of aliphatic hydroxyl groups excluding tert-OH is 1. The van der Waals surface area contributed by atoms with Gasteiger partial charge >= 0.3 is 0 Å². The van der Waals surface area contributed by atoms with Crippen molar-refractivity contribution < 1.29 is 19.1 Å². The lowest BCUT2D eigenvalue weighted by atomic mass is 9.81. The number of amides is 1. The Morgan fingerprint density at radius 2 is 1.76 bits per heavy atom. The van der Waals surface area contributed by atoms with E-state index >= 15 is 0 Å². The smallest absolute Gasteiger partial charge is 0.289 e. The van der Waals surface area contributed by atoms with Crippen molar-refractivity contribution in [2.75, 3.05) is 13.1 Å². The van der Waals surface area contributed by atoms with Gasteiger partial charge in [-0.1, -0.05) is 48.5 Å². The molecular formula is C24H25NO4. The molecule has 2 saturated heterocycles. The number of ether oxygens (including phenoxy) is 1. The van der Waals surface area contributed by atoms with Crippen molar-refractivity contribution >= 4 is 16.9 Å². The van der Waals surface area contributed by atoms with Crippen LogP contribution in [0.2, 0.25) is 0 Å². The standard InChI is InChI=1S/C24H25NO4/c26-19-15-21(17-6-2-1-3-7-17)29-24(16-19)10-12-25(13-11-24)23(27)22-14-18-8-4-5-9-20(18)28-22/h1-9,14,19,21,26H,10-13,15-16H2/t19-,21+/m0/s1. The Morgan fingerprint density at radius 3 is 2.52 bits per heavy atom. The highest BCUT2D eigenvalue weighted by Gasteiger charge is 2.44. The lowest BCUT2D eigenvalue weighted by Crippen LogP contribution is -2.52. The first-order chi connectivity index (χ1) is 14.1.